The Morgan fingerprint density at radius 1 is 0.962 bits per heavy atom. The van der Waals surface area contributed by atoms with Gasteiger partial charge >= 0.3 is 0 Å². The Hall–Kier alpha value is -2.31. The van der Waals surface area contributed by atoms with E-state index in [1.54, 1.807) is 6.08 Å². The van der Waals surface area contributed by atoms with E-state index < -0.39 is 10.0 Å². The maximum absolute atomic E-state index is 12.2. The van der Waals surface area contributed by atoms with Gasteiger partial charge in [-0.2, -0.15) is 0 Å². The minimum Gasteiger partial charge on any atom is -0.369 e. The summed E-state index contributed by atoms with van der Waals surface area (Å²) in [6, 6.07) is 16.9. The Morgan fingerprint density at radius 2 is 1.62 bits per heavy atom. The molecule has 1 aliphatic heterocycles. The molecule has 0 unspecified atom stereocenters. The van der Waals surface area contributed by atoms with Crippen molar-refractivity contribution in [1.82, 2.24) is 4.90 Å². The van der Waals surface area contributed by atoms with Gasteiger partial charge in [-0.05, 0) is 42.4 Å². The minimum atomic E-state index is -3.53. The van der Waals surface area contributed by atoms with Gasteiger partial charge in [-0.3, -0.25) is 4.72 Å². The second-order valence-electron chi connectivity index (χ2n) is 6.33. The normalized spacial score (nSPS) is 16.1. The molecule has 0 saturated carbocycles. The molecule has 1 aliphatic rings. The van der Waals surface area contributed by atoms with Crippen LogP contribution < -0.4 is 9.62 Å². The second kappa shape index (κ2) is 8.38. The van der Waals surface area contributed by atoms with E-state index in [0.717, 1.165) is 44.0 Å². The van der Waals surface area contributed by atoms with Gasteiger partial charge in [-0.25, -0.2) is 8.42 Å². The van der Waals surface area contributed by atoms with Crippen molar-refractivity contribution in [2.45, 2.75) is 6.92 Å². The van der Waals surface area contributed by atoms with Gasteiger partial charge in [0.15, 0.2) is 0 Å². The molecule has 0 bridgehead atoms. The third-order valence-electron chi connectivity index (χ3n) is 4.55. The van der Waals surface area contributed by atoms with Crippen LogP contribution in [0.1, 0.15) is 12.5 Å². The fraction of sp³-hybridized carbons (Fsp3) is 0.300. The lowest BCUT2D eigenvalue weighted by Crippen LogP contribution is -2.46. The van der Waals surface area contributed by atoms with Gasteiger partial charge in [0.2, 0.25) is 0 Å². The van der Waals surface area contributed by atoms with Crippen LogP contribution in [0.5, 0.6) is 0 Å². The first-order valence-corrected chi connectivity index (χ1v) is 10.4. The summed E-state index contributed by atoms with van der Waals surface area (Å²) >= 11 is 0. The summed E-state index contributed by atoms with van der Waals surface area (Å²) in [6.07, 6.45) is 1.59. The number of hydrogen-bond acceptors (Lipinski definition) is 4. The lowest BCUT2D eigenvalue weighted by Gasteiger charge is -2.35. The number of rotatable bonds is 6. The SMILES string of the molecule is CCN1CCN(c2ccc(NS(=O)(=O)/C=C/c3ccccc3)cc2)CC1. The molecule has 6 heteroatoms. The molecule has 2 aromatic carbocycles. The number of nitrogens with one attached hydrogen (secondary N) is 1. The van der Waals surface area contributed by atoms with E-state index in [2.05, 4.69) is 21.4 Å². The van der Waals surface area contributed by atoms with Crippen molar-refractivity contribution in [1.29, 1.82) is 0 Å². The average molecular weight is 372 g/mol. The van der Waals surface area contributed by atoms with Crippen LogP contribution in [0.3, 0.4) is 0 Å². The zero-order chi connectivity index (χ0) is 18.4. The molecule has 1 N–H and O–H groups in total. The van der Waals surface area contributed by atoms with Crippen molar-refractivity contribution in [3.05, 3.63) is 65.6 Å². The van der Waals surface area contributed by atoms with E-state index >= 15 is 0 Å². The quantitative estimate of drug-likeness (QED) is 0.847. The Morgan fingerprint density at radius 3 is 2.23 bits per heavy atom. The largest absolute Gasteiger partial charge is 0.369 e. The van der Waals surface area contributed by atoms with Crippen molar-refractivity contribution >= 4 is 27.5 Å². The van der Waals surface area contributed by atoms with E-state index in [1.807, 2.05) is 54.6 Å². The molecule has 0 spiro atoms. The fourth-order valence-electron chi connectivity index (χ4n) is 2.99. The zero-order valence-corrected chi connectivity index (χ0v) is 15.8. The monoisotopic (exact) mass is 371 g/mol. The molecule has 0 amide bonds. The Kier molecular flexibility index (Phi) is 5.96. The summed E-state index contributed by atoms with van der Waals surface area (Å²) in [6.45, 7) is 7.40. The molecule has 26 heavy (non-hydrogen) atoms. The first kappa shape index (κ1) is 18.5. The second-order valence-corrected chi connectivity index (χ2v) is 7.89. The molecule has 2 aromatic rings. The smallest absolute Gasteiger partial charge is 0.255 e. The highest BCUT2D eigenvalue weighted by Crippen LogP contribution is 2.20. The van der Waals surface area contributed by atoms with Crippen LogP contribution in [0.4, 0.5) is 11.4 Å². The van der Waals surface area contributed by atoms with Crippen molar-refractivity contribution in [3.8, 4) is 0 Å². The van der Waals surface area contributed by atoms with E-state index in [4.69, 9.17) is 0 Å². The van der Waals surface area contributed by atoms with Crippen LogP contribution in [-0.4, -0.2) is 46.0 Å². The van der Waals surface area contributed by atoms with E-state index in [1.165, 1.54) is 5.41 Å². The molecule has 0 atom stereocenters. The van der Waals surface area contributed by atoms with Gasteiger partial charge in [0.1, 0.15) is 0 Å². The fourth-order valence-corrected chi connectivity index (χ4v) is 3.86. The zero-order valence-electron chi connectivity index (χ0n) is 15.0. The van der Waals surface area contributed by atoms with Crippen LogP contribution >= 0.6 is 0 Å². The first-order chi connectivity index (χ1) is 12.6. The van der Waals surface area contributed by atoms with Gasteiger partial charge < -0.3 is 9.80 Å². The number of sulfonamides is 1. The lowest BCUT2D eigenvalue weighted by atomic mass is 10.2. The summed E-state index contributed by atoms with van der Waals surface area (Å²) in [5.41, 5.74) is 2.54. The van der Waals surface area contributed by atoms with Crippen LogP contribution in [0.25, 0.3) is 6.08 Å². The summed E-state index contributed by atoms with van der Waals surface area (Å²) in [5, 5.41) is 1.19. The lowest BCUT2D eigenvalue weighted by molar-refractivity contribution is 0.271. The third-order valence-corrected chi connectivity index (χ3v) is 5.57. The Labute approximate surface area is 156 Å². The number of anilines is 2. The summed E-state index contributed by atoms with van der Waals surface area (Å²) in [7, 11) is -3.53. The summed E-state index contributed by atoms with van der Waals surface area (Å²) in [5.74, 6) is 0. The molecule has 0 radical (unpaired) electrons. The molecule has 5 nitrogen and oxygen atoms in total. The summed E-state index contributed by atoms with van der Waals surface area (Å²) < 4.78 is 27.0. The number of likely N-dealkylation sites (N-methyl/N-ethyl adjacent to an activating group) is 1. The third kappa shape index (κ3) is 5.09. The van der Waals surface area contributed by atoms with Gasteiger partial charge in [-0.1, -0.05) is 37.3 Å². The number of piperazine rings is 1. The topological polar surface area (TPSA) is 52.6 Å². The van der Waals surface area contributed by atoms with E-state index in [-0.39, 0.29) is 0 Å². The van der Waals surface area contributed by atoms with Crippen LogP contribution in [0.2, 0.25) is 0 Å². The molecule has 0 aliphatic carbocycles. The van der Waals surface area contributed by atoms with Gasteiger partial charge in [0.25, 0.3) is 10.0 Å². The maximum Gasteiger partial charge on any atom is 0.255 e. The number of benzene rings is 2. The van der Waals surface area contributed by atoms with Crippen molar-refractivity contribution in [2.75, 3.05) is 42.3 Å². The van der Waals surface area contributed by atoms with Crippen molar-refractivity contribution < 1.29 is 8.42 Å². The standard InChI is InChI=1S/C20H25N3O2S/c1-2-22-13-15-23(16-14-22)20-10-8-19(9-11-20)21-26(24,25)17-12-18-6-4-3-5-7-18/h3-12,17,21H,2,13-16H2,1H3/b17-12+. The van der Waals surface area contributed by atoms with Crippen molar-refractivity contribution in [3.63, 3.8) is 0 Å². The van der Waals surface area contributed by atoms with Gasteiger partial charge in [0, 0.05) is 37.6 Å². The van der Waals surface area contributed by atoms with Crippen LogP contribution in [-0.2, 0) is 10.0 Å². The predicted octanol–water partition coefficient (Wildman–Crippen LogP) is 3.24. The Balaban J connectivity index is 1.61. The number of nitrogens with zero attached hydrogens (tertiary/aromatic N) is 2. The molecular weight excluding hydrogens is 346 g/mol. The van der Waals surface area contributed by atoms with E-state index in [9.17, 15) is 8.42 Å². The molecule has 1 saturated heterocycles. The molecular formula is C20H25N3O2S. The van der Waals surface area contributed by atoms with E-state index in [0.29, 0.717) is 5.69 Å². The summed E-state index contributed by atoms with van der Waals surface area (Å²) in [4.78, 5) is 4.76. The number of hydrogen-bond donors (Lipinski definition) is 1. The van der Waals surface area contributed by atoms with Crippen LogP contribution in [0.15, 0.2) is 60.0 Å². The Bertz CT molecular complexity index is 825. The molecule has 138 valence electrons. The maximum atomic E-state index is 12.2. The molecule has 3 rings (SSSR count). The average Bonchev–Trinajstić information content (AvgIpc) is 2.68. The highest BCUT2D eigenvalue weighted by Gasteiger charge is 2.15. The predicted molar refractivity (Wildman–Crippen MR) is 109 cm³/mol. The minimum absolute atomic E-state index is 0.568. The molecule has 1 heterocycles. The first-order valence-electron chi connectivity index (χ1n) is 8.89. The van der Waals surface area contributed by atoms with Gasteiger partial charge in [-0.15, -0.1) is 0 Å². The highest BCUT2D eigenvalue weighted by molar-refractivity contribution is 7.95. The highest BCUT2D eigenvalue weighted by atomic mass is 32.2. The van der Waals surface area contributed by atoms with Gasteiger partial charge in [0.05, 0.1) is 5.41 Å². The molecule has 1 fully saturated rings. The van der Waals surface area contributed by atoms with Crippen molar-refractivity contribution in [2.24, 2.45) is 0 Å². The van der Waals surface area contributed by atoms with Crippen LogP contribution in [0, 0.1) is 0 Å². The molecule has 0 aromatic heterocycles.